The maximum Gasteiger partial charge on any atom is 0.330 e. The van der Waals surface area contributed by atoms with Gasteiger partial charge in [0.05, 0.1) is 0 Å². The van der Waals surface area contributed by atoms with Crippen LogP contribution in [-0.4, -0.2) is 11.1 Å². The van der Waals surface area contributed by atoms with Gasteiger partial charge in [-0.05, 0) is 18.8 Å². The van der Waals surface area contributed by atoms with Crippen LogP contribution in [0.2, 0.25) is 0 Å². The predicted molar refractivity (Wildman–Crippen MR) is 59.3 cm³/mol. The van der Waals surface area contributed by atoms with Crippen LogP contribution in [0.5, 0.6) is 0 Å². The Morgan fingerprint density at radius 1 is 1.36 bits per heavy atom. The molecule has 0 bridgehead atoms. The quantitative estimate of drug-likeness (QED) is 0.605. The molecule has 0 amide bonds. The van der Waals surface area contributed by atoms with E-state index in [4.69, 9.17) is 5.11 Å². The molecule has 0 aromatic heterocycles. The first kappa shape index (κ1) is 13.2. The zero-order valence-corrected chi connectivity index (χ0v) is 9.38. The number of carboxylic acid groups (broad SMARTS) is 1. The largest absolute Gasteiger partial charge is 0.478 e. The van der Waals surface area contributed by atoms with E-state index < -0.39 is 5.97 Å². The SMILES string of the molecule is C=C(CCC(CC)CCCC)C(=O)O. The van der Waals surface area contributed by atoms with Crippen molar-refractivity contribution < 1.29 is 9.90 Å². The Labute approximate surface area is 87.0 Å². The van der Waals surface area contributed by atoms with Crippen molar-refractivity contribution in [1.29, 1.82) is 0 Å². The number of carboxylic acids is 1. The van der Waals surface area contributed by atoms with Crippen LogP contribution in [0.4, 0.5) is 0 Å². The summed E-state index contributed by atoms with van der Waals surface area (Å²) in [5, 5.41) is 8.64. The Kier molecular flexibility index (Phi) is 7.17. The summed E-state index contributed by atoms with van der Waals surface area (Å²) < 4.78 is 0. The van der Waals surface area contributed by atoms with Crippen LogP contribution in [0.3, 0.4) is 0 Å². The van der Waals surface area contributed by atoms with Crippen LogP contribution in [0.25, 0.3) is 0 Å². The highest BCUT2D eigenvalue weighted by Gasteiger charge is 2.09. The molecule has 0 spiro atoms. The van der Waals surface area contributed by atoms with Gasteiger partial charge in [-0.25, -0.2) is 4.79 Å². The average Bonchev–Trinajstić information content (AvgIpc) is 2.17. The normalized spacial score (nSPS) is 12.4. The minimum absolute atomic E-state index is 0.347. The Balaban J connectivity index is 3.71. The average molecular weight is 198 g/mol. The molecule has 1 atom stereocenters. The molecule has 0 aliphatic heterocycles. The van der Waals surface area contributed by atoms with Crippen LogP contribution in [0.1, 0.15) is 52.4 Å². The molecule has 0 radical (unpaired) electrons. The second kappa shape index (κ2) is 7.60. The van der Waals surface area contributed by atoms with Gasteiger partial charge in [-0.3, -0.25) is 0 Å². The summed E-state index contributed by atoms with van der Waals surface area (Å²) in [6.45, 7) is 7.90. The Hall–Kier alpha value is -0.790. The van der Waals surface area contributed by atoms with Crippen molar-refractivity contribution in [3.8, 4) is 0 Å². The molecule has 0 heterocycles. The summed E-state index contributed by atoms with van der Waals surface area (Å²) in [4.78, 5) is 10.5. The van der Waals surface area contributed by atoms with Gasteiger partial charge in [-0.1, -0.05) is 46.1 Å². The van der Waals surface area contributed by atoms with Crippen molar-refractivity contribution >= 4 is 5.97 Å². The van der Waals surface area contributed by atoms with Gasteiger partial charge in [0, 0.05) is 5.57 Å². The Bertz CT molecular complexity index is 185. The molecular formula is C12H22O2. The van der Waals surface area contributed by atoms with Crippen LogP contribution in [-0.2, 0) is 4.79 Å². The van der Waals surface area contributed by atoms with E-state index in [1.165, 1.54) is 19.3 Å². The molecule has 0 saturated heterocycles. The third-order valence-corrected chi connectivity index (χ3v) is 2.70. The highest BCUT2D eigenvalue weighted by molar-refractivity contribution is 5.85. The third kappa shape index (κ3) is 5.79. The molecule has 2 nitrogen and oxygen atoms in total. The molecular weight excluding hydrogens is 176 g/mol. The Morgan fingerprint density at radius 3 is 2.43 bits per heavy atom. The Morgan fingerprint density at radius 2 is 2.00 bits per heavy atom. The molecule has 0 rings (SSSR count). The second-order valence-corrected chi connectivity index (χ2v) is 3.86. The zero-order valence-electron chi connectivity index (χ0n) is 9.38. The smallest absolute Gasteiger partial charge is 0.330 e. The maximum atomic E-state index is 10.5. The molecule has 14 heavy (non-hydrogen) atoms. The van der Waals surface area contributed by atoms with Crippen molar-refractivity contribution in [2.24, 2.45) is 5.92 Å². The van der Waals surface area contributed by atoms with Gasteiger partial charge < -0.3 is 5.11 Å². The predicted octanol–water partition coefficient (Wildman–Crippen LogP) is 3.62. The molecule has 0 aliphatic rings. The van der Waals surface area contributed by atoms with Gasteiger partial charge in [0.2, 0.25) is 0 Å². The maximum absolute atomic E-state index is 10.5. The van der Waals surface area contributed by atoms with Crippen LogP contribution < -0.4 is 0 Å². The molecule has 0 saturated carbocycles. The van der Waals surface area contributed by atoms with E-state index in [-0.39, 0.29) is 0 Å². The molecule has 2 heteroatoms. The number of aliphatic carboxylic acids is 1. The van der Waals surface area contributed by atoms with Crippen molar-refractivity contribution in [3.05, 3.63) is 12.2 Å². The van der Waals surface area contributed by atoms with Gasteiger partial charge in [-0.2, -0.15) is 0 Å². The fraction of sp³-hybridized carbons (Fsp3) is 0.750. The van der Waals surface area contributed by atoms with E-state index in [1.54, 1.807) is 0 Å². The van der Waals surface area contributed by atoms with Gasteiger partial charge in [0.1, 0.15) is 0 Å². The number of hydrogen-bond donors (Lipinski definition) is 1. The van der Waals surface area contributed by atoms with E-state index in [9.17, 15) is 4.79 Å². The van der Waals surface area contributed by atoms with E-state index in [1.807, 2.05) is 0 Å². The number of rotatable bonds is 8. The molecule has 82 valence electrons. The molecule has 0 aromatic carbocycles. The first-order valence-corrected chi connectivity index (χ1v) is 5.52. The van der Waals surface area contributed by atoms with Crippen LogP contribution >= 0.6 is 0 Å². The molecule has 0 fully saturated rings. The monoisotopic (exact) mass is 198 g/mol. The van der Waals surface area contributed by atoms with Gasteiger partial charge >= 0.3 is 5.97 Å². The van der Waals surface area contributed by atoms with Crippen molar-refractivity contribution in [3.63, 3.8) is 0 Å². The second-order valence-electron chi connectivity index (χ2n) is 3.86. The standard InChI is InChI=1S/C12H22O2/c1-4-6-7-11(5-2)9-8-10(3)12(13)14/h11H,3-9H2,1-2H3,(H,13,14). The van der Waals surface area contributed by atoms with E-state index in [0.717, 1.165) is 12.8 Å². The summed E-state index contributed by atoms with van der Waals surface area (Å²) in [5.74, 6) is -0.179. The topological polar surface area (TPSA) is 37.3 Å². The summed E-state index contributed by atoms with van der Waals surface area (Å²) in [7, 11) is 0. The summed E-state index contributed by atoms with van der Waals surface area (Å²) >= 11 is 0. The highest BCUT2D eigenvalue weighted by atomic mass is 16.4. The van der Waals surface area contributed by atoms with Crippen molar-refractivity contribution in [2.45, 2.75) is 52.4 Å². The minimum Gasteiger partial charge on any atom is -0.478 e. The first-order chi connectivity index (χ1) is 6.61. The van der Waals surface area contributed by atoms with Gasteiger partial charge in [0.25, 0.3) is 0 Å². The number of carbonyl (C=O) groups is 1. The van der Waals surface area contributed by atoms with E-state index >= 15 is 0 Å². The lowest BCUT2D eigenvalue weighted by molar-refractivity contribution is -0.132. The number of hydrogen-bond acceptors (Lipinski definition) is 1. The van der Waals surface area contributed by atoms with E-state index in [2.05, 4.69) is 20.4 Å². The summed E-state index contributed by atoms with van der Waals surface area (Å²) in [6.07, 6.45) is 6.44. The fourth-order valence-corrected chi connectivity index (χ4v) is 1.53. The zero-order chi connectivity index (χ0) is 11.0. The van der Waals surface area contributed by atoms with Crippen molar-refractivity contribution in [2.75, 3.05) is 0 Å². The number of unbranched alkanes of at least 4 members (excludes halogenated alkanes) is 1. The lowest BCUT2D eigenvalue weighted by Crippen LogP contribution is -2.04. The lowest BCUT2D eigenvalue weighted by atomic mass is 9.93. The van der Waals surface area contributed by atoms with Crippen molar-refractivity contribution in [1.82, 2.24) is 0 Å². The molecule has 1 unspecified atom stereocenters. The summed E-state index contributed by atoms with van der Waals surface area (Å²) in [6, 6.07) is 0. The first-order valence-electron chi connectivity index (χ1n) is 5.52. The van der Waals surface area contributed by atoms with Crippen LogP contribution in [0, 0.1) is 5.92 Å². The van der Waals surface area contributed by atoms with Crippen LogP contribution in [0.15, 0.2) is 12.2 Å². The molecule has 1 N–H and O–H groups in total. The molecule has 0 aliphatic carbocycles. The highest BCUT2D eigenvalue weighted by Crippen LogP contribution is 2.20. The fourth-order valence-electron chi connectivity index (χ4n) is 1.53. The van der Waals surface area contributed by atoms with Gasteiger partial charge in [-0.15, -0.1) is 0 Å². The van der Waals surface area contributed by atoms with Gasteiger partial charge in [0.15, 0.2) is 0 Å². The summed E-state index contributed by atoms with van der Waals surface area (Å²) in [5.41, 5.74) is 0.347. The molecule has 0 aromatic rings. The lowest BCUT2D eigenvalue weighted by Gasteiger charge is -2.13. The minimum atomic E-state index is -0.852. The van der Waals surface area contributed by atoms with E-state index in [0.29, 0.717) is 17.9 Å². The third-order valence-electron chi connectivity index (χ3n) is 2.70.